The van der Waals surface area contributed by atoms with Gasteiger partial charge in [0.05, 0.1) is 17.0 Å². The van der Waals surface area contributed by atoms with Crippen LogP contribution < -0.4 is 29.2 Å². The molecule has 2 aliphatic rings. The van der Waals surface area contributed by atoms with Crippen molar-refractivity contribution in [2.75, 3.05) is 19.3 Å². The van der Waals surface area contributed by atoms with Gasteiger partial charge in [-0.1, -0.05) is 24.8 Å². The summed E-state index contributed by atoms with van der Waals surface area (Å²) in [6.07, 6.45) is 0.968. The minimum Gasteiger partial charge on any atom is -0.454 e. The summed E-state index contributed by atoms with van der Waals surface area (Å²) >= 11 is 1.16. The summed E-state index contributed by atoms with van der Waals surface area (Å²) < 4.78 is 26.8. The Kier molecular flexibility index (Phi) is 7.34. The molecule has 0 saturated heterocycles. The van der Waals surface area contributed by atoms with Crippen molar-refractivity contribution in [3.05, 3.63) is 99.0 Å². The minimum atomic E-state index is -0.556. The topological polar surface area (TPSA) is 126 Å². The standard InChI is InChI=1S/C30H24N2O8S/c1-2-21-22(11-17-3-9-24-26(12-17)38-15-36-24)31-30(32-28(21)34)41-14-23(33)18-4-7-20(8-5-18)40-29(35)19-6-10-25-27(13-19)39-16-37-25/h3-10,12-13H,2,11,14-16H2,1H3,(H,31,32,34). The van der Waals surface area contributed by atoms with Gasteiger partial charge in [0, 0.05) is 17.5 Å². The Morgan fingerprint density at radius 1 is 0.878 bits per heavy atom. The van der Waals surface area contributed by atoms with Crippen LogP contribution in [0.1, 0.15) is 44.5 Å². The Bertz CT molecular complexity index is 1700. The summed E-state index contributed by atoms with van der Waals surface area (Å²) in [5.41, 5.74) is 2.73. The number of nitrogens with zero attached hydrogens (tertiary/aromatic N) is 1. The van der Waals surface area contributed by atoms with E-state index in [1.54, 1.807) is 42.5 Å². The first-order valence-electron chi connectivity index (χ1n) is 12.9. The summed E-state index contributed by atoms with van der Waals surface area (Å²) in [7, 11) is 0. The molecule has 0 spiro atoms. The van der Waals surface area contributed by atoms with Crippen LogP contribution in [0.4, 0.5) is 0 Å². The van der Waals surface area contributed by atoms with Gasteiger partial charge < -0.3 is 28.7 Å². The number of carbonyl (C=O) groups is 2. The van der Waals surface area contributed by atoms with Crippen molar-refractivity contribution in [1.29, 1.82) is 0 Å². The second kappa shape index (κ2) is 11.4. The minimum absolute atomic E-state index is 0.0637. The molecule has 0 atom stereocenters. The molecule has 4 aromatic rings. The monoisotopic (exact) mass is 572 g/mol. The molecule has 1 N–H and O–H groups in total. The van der Waals surface area contributed by atoms with Gasteiger partial charge in [-0.2, -0.15) is 0 Å². The first-order chi connectivity index (χ1) is 20.0. The smallest absolute Gasteiger partial charge is 0.343 e. The van der Waals surface area contributed by atoms with Crippen molar-refractivity contribution in [3.63, 3.8) is 0 Å². The number of fused-ring (bicyclic) bond motifs is 2. The Labute approximate surface area is 238 Å². The molecule has 41 heavy (non-hydrogen) atoms. The third-order valence-corrected chi connectivity index (χ3v) is 7.45. The highest BCUT2D eigenvalue weighted by Gasteiger charge is 2.19. The van der Waals surface area contributed by atoms with Crippen molar-refractivity contribution in [2.24, 2.45) is 0 Å². The van der Waals surface area contributed by atoms with E-state index in [0.717, 1.165) is 17.3 Å². The van der Waals surface area contributed by atoms with Crippen molar-refractivity contribution in [3.8, 4) is 28.7 Å². The van der Waals surface area contributed by atoms with Crippen LogP contribution in [-0.4, -0.2) is 41.1 Å². The quantitative estimate of drug-likeness (QED) is 0.100. The van der Waals surface area contributed by atoms with Crippen LogP contribution in [0, 0.1) is 0 Å². The fourth-order valence-corrected chi connectivity index (χ4v) is 5.23. The summed E-state index contributed by atoms with van der Waals surface area (Å²) in [6.45, 7) is 2.20. The molecule has 10 nitrogen and oxygen atoms in total. The van der Waals surface area contributed by atoms with Crippen LogP contribution in [0.15, 0.2) is 70.6 Å². The van der Waals surface area contributed by atoms with E-state index in [0.29, 0.717) is 69.1 Å². The van der Waals surface area contributed by atoms with Gasteiger partial charge in [0.25, 0.3) is 5.56 Å². The van der Waals surface area contributed by atoms with Gasteiger partial charge >= 0.3 is 5.97 Å². The zero-order valence-corrected chi connectivity index (χ0v) is 22.7. The molecule has 0 unspecified atom stereocenters. The first kappa shape index (κ1) is 26.5. The fourth-order valence-electron chi connectivity index (χ4n) is 4.46. The van der Waals surface area contributed by atoms with Crippen molar-refractivity contribution in [1.82, 2.24) is 9.97 Å². The highest BCUT2D eigenvalue weighted by atomic mass is 32.2. The number of Topliss-reactive ketones (excluding diaryl/α,β-unsaturated/α-hetero) is 1. The molecule has 11 heteroatoms. The average Bonchev–Trinajstić information content (AvgIpc) is 3.65. The lowest BCUT2D eigenvalue weighted by Crippen LogP contribution is -2.19. The van der Waals surface area contributed by atoms with E-state index in [9.17, 15) is 14.4 Å². The Balaban J connectivity index is 1.09. The largest absolute Gasteiger partial charge is 0.454 e. The SMILES string of the molecule is CCc1c(Cc2ccc3c(c2)OCO3)nc(SCC(=O)c2ccc(OC(=O)c3ccc4c(c3)OCO4)cc2)[nH]c1=O. The van der Waals surface area contributed by atoms with Crippen LogP contribution in [0.2, 0.25) is 0 Å². The average molecular weight is 573 g/mol. The molecule has 3 heterocycles. The lowest BCUT2D eigenvalue weighted by Gasteiger charge is -2.10. The van der Waals surface area contributed by atoms with E-state index in [4.69, 9.17) is 23.7 Å². The number of ketones is 1. The predicted molar refractivity (Wildman–Crippen MR) is 149 cm³/mol. The van der Waals surface area contributed by atoms with Crippen LogP contribution in [-0.2, 0) is 12.8 Å². The molecular formula is C30H24N2O8S. The molecule has 0 fully saturated rings. The molecule has 0 bridgehead atoms. The molecule has 0 saturated carbocycles. The Morgan fingerprint density at radius 3 is 2.27 bits per heavy atom. The van der Waals surface area contributed by atoms with Crippen LogP contribution in [0.5, 0.6) is 28.7 Å². The zero-order valence-electron chi connectivity index (χ0n) is 21.9. The number of H-pyrrole nitrogens is 1. The van der Waals surface area contributed by atoms with Gasteiger partial charge in [0.1, 0.15) is 5.75 Å². The maximum Gasteiger partial charge on any atom is 0.343 e. The number of rotatable bonds is 9. The molecule has 0 radical (unpaired) electrons. The number of benzene rings is 3. The highest BCUT2D eigenvalue weighted by molar-refractivity contribution is 7.99. The predicted octanol–water partition coefficient (Wildman–Crippen LogP) is 4.57. The lowest BCUT2D eigenvalue weighted by atomic mass is 10.0. The number of nitrogens with one attached hydrogen (secondary N) is 1. The van der Waals surface area contributed by atoms with Crippen molar-refractivity contribution < 1.29 is 33.3 Å². The second-order valence-electron chi connectivity index (χ2n) is 9.21. The van der Waals surface area contributed by atoms with Crippen LogP contribution in [0.3, 0.4) is 0 Å². The number of carbonyl (C=O) groups excluding carboxylic acids is 2. The van der Waals surface area contributed by atoms with Gasteiger partial charge in [-0.05, 0) is 66.6 Å². The number of aromatic nitrogens is 2. The van der Waals surface area contributed by atoms with E-state index in [-0.39, 0.29) is 30.7 Å². The summed E-state index contributed by atoms with van der Waals surface area (Å²) in [6, 6.07) is 16.7. The van der Waals surface area contributed by atoms with Gasteiger partial charge in [-0.25, -0.2) is 9.78 Å². The zero-order chi connectivity index (χ0) is 28.3. The highest BCUT2D eigenvalue weighted by Crippen LogP contribution is 2.34. The van der Waals surface area contributed by atoms with E-state index >= 15 is 0 Å². The van der Waals surface area contributed by atoms with E-state index in [1.807, 2.05) is 25.1 Å². The summed E-state index contributed by atoms with van der Waals surface area (Å²) in [4.78, 5) is 45.6. The van der Waals surface area contributed by atoms with Crippen molar-refractivity contribution in [2.45, 2.75) is 24.9 Å². The van der Waals surface area contributed by atoms with Crippen LogP contribution in [0.25, 0.3) is 0 Å². The van der Waals surface area contributed by atoms with Crippen LogP contribution >= 0.6 is 11.8 Å². The lowest BCUT2D eigenvalue weighted by molar-refractivity contribution is 0.0734. The molecular weight excluding hydrogens is 548 g/mol. The summed E-state index contributed by atoms with van der Waals surface area (Å²) in [5.74, 6) is 2.05. The van der Waals surface area contributed by atoms with E-state index < -0.39 is 5.97 Å². The molecule has 0 aliphatic carbocycles. The maximum absolute atomic E-state index is 12.9. The Morgan fingerprint density at radius 2 is 1.54 bits per heavy atom. The number of hydrogen-bond donors (Lipinski definition) is 1. The molecule has 2 aliphatic heterocycles. The molecule has 1 aromatic heterocycles. The summed E-state index contributed by atoms with van der Waals surface area (Å²) in [5, 5.41) is 0.366. The second-order valence-corrected chi connectivity index (χ2v) is 10.2. The molecule has 208 valence electrons. The number of thioether (sulfide) groups is 1. The third-order valence-electron chi connectivity index (χ3n) is 6.58. The molecule has 3 aromatic carbocycles. The Hall–Kier alpha value is -4.77. The fraction of sp³-hybridized carbons (Fsp3) is 0.200. The number of esters is 1. The number of ether oxygens (including phenoxy) is 5. The van der Waals surface area contributed by atoms with Gasteiger partial charge in [-0.15, -0.1) is 0 Å². The van der Waals surface area contributed by atoms with E-state index in [1.165, 1.54) is 0 Å². The third kappa shape index (κ3) is 5.75. The van der Waals surface area contributed by atoms with Gasteiger partial charge in [-0.3, -0.25) is 9.59 Å². The molecule has 0 amide bonds. The van der Waals surface area contributed by atoms with Crippen molar-refractivity contribution >= 4 is 23.5 Å². The normalized spacial score (nSPS) is 12.8. The van der Waals surface area contributed by atoms with Gasteiger partial charge in [0.2, 0.25) is 13.6 Å². The maximum atomic E-state index is 12.9. The number of hydrogen-bond acceptors (Lipinski definition) is 10. The first-order valence-corrected chi connectivity index (χ1v) is 13.8. The molecule has 6 rings (SSSR count). The van der Waals surface area contributed by atoms with Gasteiger partial charge in [0.15, 0.2) is 33.9 Å². The van der Waals surface area contributed by atoms with E-state index in [2.05, 4.69) is 9.97 Å². The number of aromatic amines is 1.